The van der Waals surface area contributed by atoms with Crippen molar-refractivity contribution in [2.24, 2.45) is 0 Å². The van der Waals surface area contributed by atoms with Crippen LogP contribution in [-0.4, -0.2) is 41.3 Å². The van der Waals surface area contributed by atoms with E-state index < -0.39 is 0 Å². The Hall–Kier alpha value is -1.87. The zero-order chi connectivity index (χ0) is 18.5. The van der Waals surface area contributed by atoms with Crippen LogP contribution in [0.5, 0.6) is 0 Å². The molecule has 0 atom stereocenters. The molecule has 26 heavy (non-hydrogen) atoms. The normalized spacial score (nSPS) is 13.0. The number of nitrogens with one attached hydrogen (secondary N) is 2. The average molecular weight is 406 g/mol. The van der Waals surface area contributed by atoms with Crippen LogP contribution < -0.4 is 21.8 Å². The lowest BCUT2D eigenvalue weighted by atomic mass is 10.3. The molecule has 0 unspecified atom stereocenters. The van der Waals surface area contributed by atoms with Gasteiger partial charge in [0.2, 0.25) is 0 Å². The molecule has 3 aromatic heterocycles. The number of thiophene rings is 2. The molecule has 0 spiro atoms. The van der Waals surface area contributed by atoms with Gasteiger partial charge in [-0.15, -0.1) is 23.1 Å². The predicted molar refractivity (Wildman–Crippen MR) is 112 cm³/mol. The maximum Gasteiger partial charge on any atom is 0.272 e. The summed E-state index contributed by atoms with van der Waals surface area (Å²) < 4.78 is 1.19. The van der Waals surface area contributed by atoms with E-state index in [-0.39, 0.29) is 21.8 Å². The summed E-state index contributed by atoms with van der Waals surface area (Å²) in [6, 6.07) is 5.90. The molecule has 0 bridgehead atoms. The number of hydrogen-bond acceptors (Lipinski definition) is 6. The van der Waals surface area contributed by atoms with E-state index in [1.807, 2.05) is 29.0 Å². The van der Waals surface area contributed by atoms with Gasteiger partial charge in [0.25, 0.3) is 11.1 Å². The van der Waals surface area contributed by atoms with Crippen molar-refractivity contribution < 1.29 is 0 Å². The summed E-state index contributed by atoms with van der Waals surface area (Å²) in [6.45, 7) is 1.01. The minimum absolute atomic E-state index is 0.261. The van der Waals surface area contributed by atoms with Crippen molar-refractivity contribution in [2.75, 3.05) is 26.4 Å². The minimum Gasteiger partial charge on any atom is -0.316 e. The molecule has 0 aliphatic carbocycles. The van der Waals surface area contributed by atoms with E-state index in [2.05, 4.69) is 29.0 Å². The van der Waals surface area contributed by atoms with Crippen LogP contribution in [0.4, 0.5) is 0 Å². The molecular weight excluding hydrogens is 386 g/mol. The van der Waals surface area contributed by atoms with Crippen LogP contribution in [0.1, 0.15) is 10.4 Å². The molecule has 0 aliphatic rings. The lowest BCUT2D eigenvalue weighted by molar-refractivity contribution is 0.437. The van der Waals surface area contributed by atoms with Gasteiger partial charge >= 0.3 is 0 Å². The van der Waals surface area contributed by atoms with Gasteiger partial charge in [-0.2, -0.15) is 11.3 Å². The van der Waals surface area contributed by atoms with E-state index in [9.17, 15) is 9.59 Å². The number of aromatic amines is 2. The third kappa shape index (κ3) is 5.07. The number of hydrogen-bond donors (Lipinski definition) is 2. The summed E-state index contributed by atoms with van der Waals surface area (Å²) in [5.41, 5.74) is 0.283. The Kier molecular flexibility index (Phi) is 6.31. The quantitative estimate of drug-likeness (QED) is 0.610. The average Bonchev–Trinajstić information content (AvgIpc) is 3.24. The molecule has 5 nitrogen and oxygen atoms in total. The molecule has 136 valence electrons. The molecule has 8 heteroatoms. The van der Waals surface area contributed by atoms with Crippen molar-refractivity contribution in [3.63, 3.8) is 0 Å². The molecule has 0 fully saturated rings. The Bertz CT molecular complexity index is 1090. The first-order chi connectivity index (χ1) is 12.5. The summed E-state index contributed by atoms with van der Waals surface area (Å²) in [5, 5.41) is 4.37. The molecule has 0 saturated heterocycles. The Balaban J connectivity index is 1.86. The first kappa shape index (κ1) is 18.9. The van der Waals surface area contributed by atoms with Gasteiger partial charge in [0.15, 0.2) is 0 Å². The van der Waals surface area contributed by atoms with Gasteiger partial charge in [-0.3, -0.25) is 9.59 Å². The second-order valence-electron chi connectivity index (χ2n) is 5.89. The standard InChI is InChI=1S/C18H19N3O2S3/c1-21(2)6-8-25-16-4-3-13(26-16)10-15-18(23)19-14(17(22)20-15)9-12-5-7-24-11-12/h3-5,7,9-11H,6,8H2,1-2H3,(H,19,23)(H,20,22). The monoisotopic (exact) mass is 405 g/mol. The topological polar surface area (TPSA) is 69.0 Å². The number of H-pyrrole nitrogens is 2. The Morgan fingerprint density at radius 3 is 2.46 bits per heavy atom. The highest BCUT2D eigenvalue weighted by atomic mass is 32.2. The van der Waals surface area contributed by atoms with E-state index >= 15 is 0 Å². The lowest BCUT2D eigenvalue weighted by Gasteiger charge is -2.07. The summed E-state index contributed by atoms with van der Waals surface area (Å²) >= 11 is 4.93. The molecular formula is C18H19N3O2S3. The Morgan fingerprint density at radius 1 is 1.08 bits per heavy atom. The summed E-state index contributed by atoms with van der Waals surface area (Å²) in [5.74, 6) is 1.01. The lowest BCUT2D eigenvalue weighted by Crippen LogP contribution is -2.46. The van der Waals surface area contributed by atoms with E-state index in [1.165, 1.54) is 15.5 Å². The summed E-state index contributed by atoms with van der Waals surface area (Å²) in [7, 11) is 4.10. The molecule has 2 N–H and O–H groups in total. The van der Waals surface area contributed by atoms with Crippen LogP contribution in [0, 0.1) is 0 Å². The third-order valence-electron chi connectivity index (χ3n) is 3.51. The van der Waals surface area contributed by atoms with Crippen LogP contribution in [0.15, 0.2) is 42.8 Å². The molecule has 3 aromatic rings. The van der Waals surface area contributed by atoms with Gasteiger partial charge < -0.3 is 14.9 Å². The fourth-order valence-electron chi connectivity index (χ4n) is 2.18. The minimum atomic E-state index is -0.306. The van der Waals surface area contributed by atoms with Crippen molar-refractivity contribution in [1.29, 1.82) is 0 Å². The third-order valence-corrected chi connectivity index (χ3v) is 6.45. The van der Waals surface area contributed by atoms with Crippen LogP contribution in [0.25, 0.3) is 12.2 Å². The van der Waals surface area contributed by atoms with Gasteiger partial charge in [-0.25, -0.2) is 0 Å². The van der Waals surface area contributed by atoms with Gasteiger partial charge in [0, 0.05) is 17.2 Å². The number of nitrogens with zero attached hydrogens (tertiary/aromatic N) is 1. The van der Waals surface area contributed by atoms with Crippen LogP contribution in [0.2, 0.25) is 0 Å². The zero-order valence-corrected chi connectivity index (χ0v) is 16.9. The second kappa shape index (κ2) is 8.68. The highest BCUT2D eigenvalue weighted by Gasteiger charge is 2.01. The number of rotatable bonds is 6. The molecule has 0 aromatic carbocycles. The SMILES string of the molecule is CN(C)CCSc1ccc(C=c2[nH]c(=O)c(=Cc3ccsc3)[nH]c2=O)s1. The maximum absolute atomic E-state index is 12.3. The predicted octanol–water partition coefficient (Wildman–Crippen LogP) is 1.50. The molecule has 3 heterocycles. The van der Waals surface area contributed by atoms with Crippen molar-refractivity contribution >= 4 is 46.6 Å². The van der Waals surface area contributed by atoms with E-state index in [0.29, 0.717) is 0 Å². The molecule has 0 aliphatic heterocycles. The van der Waals surface area contributed by atoms with Crippen LogP contribution in [0.3, 0.4) is 0 Å². The Labute approximate surface area is 162 Å². The smallest absolute Gasteiger partial charge is 0.272 e. The molecule has 0 saturated carbocycles. The van der Waals surface area contributed by atoms with Crippen molar-refractivity contribution in [3.8, 4) is 0 Å². The van der Waals surface area contributed by atoms with Crippen molar-refractivity contribution in [1.82, 2.24) is 14.9 Å². The zero-order valence-electron chi connectivity index (χ0n) is 14.4. The first-order valence-electron chi connectivity index (χ1n) is 7.97. The highest BCUT2D eigenvalue weighted by Crippen LogP contribution is 2.27. The number of aromatic nitrogens is 2. The van der Waals surface area contributed by atoms with Gasteiger partial charge in [-0.05, 0) is 60.8 Å². The summed E-state index contributed by atoms with van der Waals surface area (Å²) in [4.78, 5) is 33.0. The Morgan fingerprint density at radius 2 is 1.81 bits per heavy atom. The second-order valence-corrected chi connectivity index (χ2v) is 9.18. The molecule has 0 amide bonds. The van der Waals surface area contributed by atoms with Crippen molar-refractivity contribution in [2.45, 2.75) is 4.21 Å². The van der Waals surface area contributed by atoms with Crippen LogP contribution >= 0.6 is 34.4 Å². The van der Waals surface area contributed by atoms with E-state index in [0.717, 1.165) is 22.7 Å². The van der Waals surface area contributed by atoms with Gasteiger partial charge in [0.1, 0.15) is 10.7 Å². The fourth-order valence-corrected chi connectivity index (χ4v) is 5.08. The molecule has 0 radical (unpaired) electrons. The molecule has 3 rings (SSSR count). The van der Waals surface area contributed by atoms with Crippen LogP contribution in [-0.2, 0) is 0 Å². The summed E-state index contributed by atoms with van der Waals surface area (Å²) in [6.07, 6.45) is 3.39. The fraction of sp³-hybridized carbons (Fsp3) is 0.222. The van der Waals surface area contributed by atoms with Gasteiger partial charge in [-0.1, -0.05) is 0 Å². The maximum atomic E-state index is 12.3. The van der Waals surface area contributed by atoms with Gasteiger partial charge in [0.05, 0.1) is 4.21 Å². The highest BCUT2D eigenvalue weighted by molar-refractivity contribution is 8.01. The van der Waals surface area contributed by atoms with E-state index in [4.69, 9.17) is 0 Å². The largest absolute Gasteiger partial charge is 0.316 e. The van der Waals surface area contributed by atoms with E-state index in [1.54, 1.807) is 35.3 Å². The van der Waals surface area contributed by atoms with Crippen molar-refractivity contribution in [3.05, 3.63) is 70.8 Å². The number of thioether (sulfide) groups is 1. The first-order valence-corrected chi connectivity index (χ1v) is 10.7.